The first-order valence-electron chi connectivity index (χ1n) is 10.8. The second-order valence-electron chi connectivity index (χ2n) is 8.25. The fraction of sp³-hybridized carbons (Fsp3) is 0.320. The highest BCUT2D eigenvalue weighted by molar-refractivity contribution is 7.19. The molecule has 0 atom stereocenters. The summed E-state index contributed by atoms with van der Waals surface area (Å²) in [6.07, 6.45) is 9.54. The van der Waals surface area contributed by atoms with Crippen LogP contribution in [0.3, 0.4) is 0 Å². The summed E-state index contributed by atoms with van der Waals surface area (Å²) in [4.78, 5) is 17.8. The lowest BCUT2D eigenvalue weighted by molar-refractivity contribution is 0.686. The molecule has 1 aliphatic rings. The van der Waals surface area contributed by atoms with E-state index in [-0.39, 0.29) is 0 Å². The molecule has 4 aromatic rings. The molecular weight excluding hydrogens is 424 g/mol. The van der Waals surface area contributed by atoms with Crippen molar-refractivity contribution in [3.63, 3.8) is 0 Å². The smallest absolute Gasteiger partial charge is 0.225 e. The van der Waals surface area contributed by atoms with E-state index in [4.69, 9.17) is 11.6 Å². The average molecular weight is 449 g/mol. The molecule has 0 radical (unpaired) electrons. The molecule has 158 valence electrons. The molecule has 0 fully saturated rings. The quantitative estimate of drug-likeness (QED) is 0.337. The zero-order chi connectivity index (χ0) is 21.4. The molecule has 4 nitrogen and oxygen atoms in total. The summed E-state index contributed by atoms with van der Waals surface area (Å²) in [5.74, 6) is 0.904. The molecule has 0 N–H and O–H groups in total. The van der Waals surface area contributed by atoms with Gasteiger partial charge in [-0.15, -0.1) is 11.3 Å². The van der Waals surface area contributed by atoms with E-state index in [1.54, 1.807) is 11.3 Å². The third kappa shape index (κ3) is 4.04. The van der Waals surface area contributed by atoms with E-state index in [1.165, 1.54) is 58.4 Å². The van der Waals surface area contributed by atoms with Crippen molar-refractivity contribution in [3.8, 4) is 11.1 Å². The molecule has 3 aromatic heterocycles. The van der Waals surface area contributed by atoms with Crippen LogP contribution in [0, 0.1) is 6.92 Å². The minimum atomic E-state index is 0.302. The molecule has 6 heteroatoms. The highest BCUT2D eigenvalue weighted by Crippen LogP contribution is 2.43. The number of aromatic nitrogens is 3. The van der Waals surface area contributed by atoms with E-state index >= 15 is 0 Å². The Balaban J connectivity index is 1.57. The van der Waals surface area contributed by atoms with Crippen molar-refractivity contribution < 1.29 is 0 Å². The van der Waals surface area contributed by atoms with Crippen molar-refractivity contribution in [2.45, 2.75) is 39.0 Å². The Morgan fingerprint density at radius 2 is 1.81 bits per heavy atom. The summed E-state index contributed by atoms with van der Waals surface area (Å²) in [5, 5.41) is 1.41. The van der Waals surface area contributed by atoms with Gasteiger partial charge in [0.15, 0.2) is 0 Å². The number of benzene rings is 1. The number of likely N-dealkylation sites (N-methyl/N-ethyl adjacent to an activating group) is 1. The van der Waals surface area contributed by atoms with E-state index in [0.717, 1.165) is 29.0 Å². The number of thiophene rings is 1. The molecule has 1 aromatic carbocycles. The molecule has 0 bridgehead atoms. The van der Waals surface area contributed by atoms with Gasteiger partial charge in [-0.25, -0.2) is 4.98 Å². The molecule has 0 saturated heterocycles. The van der Waals surface area contributed by atoms with Crippen LogP contribution in [0.2, 0.25) is 5.28 Å². The highest BCUT2D eigenvalue weighted by atomic mass is 35.5. The maximum absolute atomic E-state index is 6.34. The molecule has 3 heterocycles. The van der Waals surface area contributed by atoms with Gasteiger partial charge in [0.1, 0.15) is 10.6 Å². The standard InChI is InChI=1S/C25H25ClN4S/c1-16-21(20-8-7-18-5-3-4-6-19(18)15-20)22-23(28-25(26)29-24(22)31-16)30(2)14-11-17-9-12-27-13-10-17/h7-10,12-13,15H,3-6,11,14H2,1-2H3. The number of rotatable bonds is 5. The van der Waals surface area contributed by atoms with Crippen LogP contribution >= 0.6 is 22.9 Å². The van der Waals surface area contributed by atoms with Crippen LogP contribution < -0.4 is 4.90 Å². The van der Waals surface area contributed by atoms with Crippen molar-refractivity contribution in [1.82, 2.24) is 15.0 Å². The van der Waals surface area contributed by atoms with Crippen molar-refractivity contribution >= 4 is 39.0 Å². The number of pyridine rings is 1. The fourth-order valence-electron chi connectivity index (χ4n) is 4.53. The van der Waals surface area contributed by atoms with Gasteiger partial charge in [0.2, 0.25) is 5.28 Å². The Kier molecular flexibility index (Phi) is 5.63. The van der Waals surface area contributed by atoms with Gasteiger partial charge in [0, 0.05) is 36.4 Å². The number of aryl methyl sites for hydroxylation is 3. The normalized spacial score (nSPS) is 13.4. The largest absolute Gasteiger partial charge is 0.359 e. The lowest BCUT2D eigenvalue weighted by atomic mass is 9.89. The molecule has 0 aliphatic heterocycles. The lowest BCUT2D eigenvalue weighted by Crippen LogP contribution is -2.22. The Labute approximate surface area is 192 Å². The Bertz CT molecular complexity index is 1240. The second kappa shape index (κ2) is 8.56. The van der Waals surface area contributed by atoms with E-state index in [0.29, 0.717) is 5.28 Å². The van der Waals surface area contributed by atoms with Gasteiger partial charge in [0.25, 0.3) is 0 Å². The number of halogens is 1. The first-order valence-corrected chi connectivity index (χ1v) is 12.0. The van der Waals surface area contributed by atoms with Crippen LogP contribution in [0.4, 0.5) is 5.82 Å². The van der Waals surface area contributed by atoms with Crippen LogP contribution in [0.15, 0.2) is 42.7 Å². The summed E-state index contributed by atoms with van der Waals surface area (Å²) in [5.41, 5.74) is 6.76. The van der Waals surface area contributed by atoms with Gasteiger partial charge in [0.05, 0.1) is 5.39 Å². The minimum absolute atomic E-state index is 0.302. The summed E-state index contributed by atoms with van der Waals surface area (Å²) in [7, 11) is 2.09. The van der Waals surface area contributed by atoms with E-state index in [2.05, 4.69) is 64.2 Å². The molecule has 31 heavy (non-hydrogen) atoms. The van der Waals surface area contributed by atoms with Crippen molar-refractivity contribution in [2.24, 2.45) is 0 Å². The Morgan fingerprint density at radius 1 is 1.03 bits per heavy atom. The monoisotopic (exact) mass is 448 g/mol. The van der Waals surface area contributed by atoms with Crippen LogP contribution in [0.5, 0.6) is 0 Å². The van der Waals surface area contributed by atoms with E-state index < -0.39 is 0 Å². The molecule has 0 amide bonds. The van der Waals surface area contributed by atoms with Crippen LogP contribution in [-0.2, 0) is 19.3 Å². The molecule has 0 unspecified atom stereocenters. The van der Waals surface area contributed by atoms with Crippen LogP contribution in [-0.4, -0.2) is 28.5 Å². The number of nitrogens with zero attached hydrogens (tertiary/aromatic N) is 4. The number of hydrogen-bond donors (Lipinski definition) is 0. The third-order valence-electron chi connectivity index (χ3n) is 6.17. The average Bonchev–Trinajstić information content (AvgIpc) is 3.12. The zero-order valence-electron chi connectivity index (χ0n) is 17.9. The van der Waals surface area contributed by atoms with Gasteiger partial charge in [-0.05, 0) is 85.0 Å². The molecule has 0 spiro atoms. The Morgan fingerprint density at radius 3 is 2.61 bits per heavy atom. The minimum Gasteiger partial charge on any atom is -0.359 e. The highest BCUT2D eigenvalue weighted by Gasteiger charge is 2.21. The van der Waals surface area contributed by atoms with Crippen molar-refractivity contribution in [3.05, 3.63) is 69.6 Å². The summed E-state index contributed by atoms with van der Waals surface area (Å²) >= 11 is 8.04. The predicted molar refractivity (Wildman–Crippen MR) is 130 cm³/mol. The molecule has 5 rings (SSSR count). The van der Waals surface area contributed by atoms with Crippen LogP contribution in [0.25, 0.3) is 21.3 Å². The van der Waals surface area contributed by atoms with Gasteiger partial charge >= 0.3 is 0 Å². The van der Waals surface area contributed by atoms with E-state index in [1.807, 2.05) is 12.4 Å². The van der Waals surface area contributed by atoms with Crippen molar-refractivity contribution in [2.75, 3.05) is 18.5 Å². The number of hydrogen-bond acceptors (Lipinski definition) is 5. The molecular formula is C25H25ClN4S. The summed E-state index contributed by atoms with van der Waals surface area (Å²) < 4.78 is 0. The third-order valence-corrected chi connectivity index (χ3v) is 7.33. The number of anilines is 1. The molecule has 1 aliphatic carbocycles. The van der Waals surface area contributed by atoms with Crippen molar-refractivity contribution in [1.29, 1.82) is 0 Å². The van der Waals surface area contributed by atoms with Gasteiger partial charge in [-0.2, -0.15) is 4.98 Å². The second-order valence-corrected chi connectivity index (χ2v) is 9.79. The SMILES string of the molecule is Cc1sc2nc(Cl)nc(N(C)CCc3ccncc3)c2c1-c1ccc2c(c1)CCCC2. The fourth-order valence-corrected chi connectivity index (χ4v) is 5.79. The number of fused-ring (bicyclic) bond motifs is 2. The van der Waals surface area contributed by atoms with Crippen LogP contribution in [0.1, 0.15) is 34.4 Å². The zero-order valence-corrected chi connectivity index (χ0v) is 19.4. The summed E-state index contributed by atoms with van der Waals surface area (Å²) in [6.45, 7) is 3.01. The predicted octanol–water partition coefficient (Wildman–Crippen LogP) is 6.27. The maximum atomic E-state index is 6.34. The van der Waals surface area contributed by atoms with Gasteiger partial charge in [-0.1, -0.05) is 18.2 Å². The summed E-state index contributed by atoms with van der Waals surface area (Å²) in [6, 6.07) is 11.1. The van der Waals surface area contributed by atoms with Gasteiger partial charge in [-0.3, -0.25) is 4.98 Å². The molecule has 0 saturated carbocycles. The lowest BCUT2D eigenvalue weighted by Gasteiger charge is -2.21. The Hall–Kier alpha value is -2.50. The first-order chi connectivity index (χ1) is 15.1. The topological polar surface area (TPSA) is 41.9 Å². The maximum Gasteiger partial charge on any atom is 0.225 e. The van der Waals surface area contributed by atoms with Gasteiger partial charge < -0.3 is 4.90 Å². The first kappa shape index (κ1) is 20.4. The van der Waals surface area contributed by atoms with E-state index in [9.17, 15) is 0 Å².